The average molecular weight is 235 g/mol. The SMILES string of the molecule is Cc1ccc(C(C)N2CCC(=O)C2=O)cc1F. The molecule has 1 aliphatic rings. The molecule has 0 bridgehead atoms. The molecule has 4 heteroatoms. The molecule has 1 atom stereocenters. The summed E-state index contributed by atoms with van der Waals surface area (Å²) in [5.74, 6) is -1.10. The Bertz CT molecular complexity index is 484. The normalized spacial score (nSPS) is 17.7. The Hall–Kier alpha value is -1.71. The van der Waals surface area contributed by atoms with Gasteiger partial charge < -0.3 is 4.90 Å². The molecule has 90 valence electrons. The van der Waals surface area contributed by atoms with Gasteiger partial charge in [-0.25, -0.2) is 4.39 Å². The predicted octanol–water partition coefficient (Wildman–Crippen LogP) is 2.00. The van der Waals surface area contributed by atoms with Crippen molar-refractivity contribution < 1.29 is 14.0 Å². The molecule has 1 amide bonds. The highest BCUT2D eigenvalue weighted by molar-refractivity contribution is 6.37. The molecular formula is C13H14FNO2. The van der Waals surface area contributed by atoms with Crippen molar-refractivity contribution in [1.82, 2.24) is 4.90 Å². The van der Waals surface area contributed by atoms with Crippen LogP contribution in [-0.2, 0) is 9.59 Å². The second-order valence-corrected chi connectivity index (χ2v) is 4.36. The summed E-state index contributed by atoms with van der Waals surface area (Å²) in [6.45, 7) is 3.92. The van der Waals surface area contributed by atoms with Crippen LogP contribution in [0, 0.1) is 12.7 Å². The van der Waals surface area contributed by atoms with Crippen molar-refractivity contribution in [2.75, 3.05) is 6.54 Å². The minimum Gasteiger partial charge on any atom is -0.329 e. The van der Waals surface area contributed by atoms with Crippen LogP contribution < -0.4 is 0 Å². The molecule has 0 spiro atoms. The maximum absolute atomic E-state index is 13.4. The molecule has 0 radical (unpaired) electrons. The monoisotopic (exact) mass is 235 g/mol. The largest absolute Gasteiger partial charge is 0.329 e. The summed E-state index contributed by atoms with van der Waals surface area (Å²) < 4.78 is 13.4. The number of ketones is 1. The number of hydrogen-bond acceptors (Lipinski definition) is 2. The van der Waals surface area contributed by atoms with Gasteiger partial charge in [0.2, 0.25) is 5.78 Å². The molecule has 1 saturated heterocycles. The van der Waals surface area contributed by atoms with Crippen LogP contribution in [0.3, 0.4) is 0 Å². The van der Waals surface area contributed by atoms with Crippen molar-refractivity contribution in [1.29, 1.82) is 0 Å². The van der Waals surface area contributed by atoms with E-state index in [1.165, 1.54) is 11.0 Å². The molecule has 17 heavy (non-hydrogen) atoms. The van der Waals surface area contributed by atoms with Gasteiger partial charge in [0.15, 0.2) is 0 Å². The number of halogens is 1. The van der Waals surface area contributed by atoms with Gasteiger partial charge in [0.05, 0.1) is 6.04 Å². The summed E-state index contributed by atoms with van der Waals surface area (Å²) in [5, 5.41) is 0. The molecule has 1 aromatic rings. The first-order valence-corrected chi connectivity index (χ1v) is 5.60. The van der Waals surface area contributed by atoms with E-state index < -0.39 is 5.91 Å². The Balaban J connectivity index is 2.25. The number of nitrogens with zero attached hydrogens (tertiary/aromatic N) is 1. The number of carbonyl (C=O) groups is 2. The van der Waals surface area contributed by atoms with Gasteiger partial charge in [0.25, 0.3) is 5.91 Å². The van der Waals surface area contributed by atoms with Crippen LogP contribution in [-0.4, -0.2) is 23.1 Å². The van der Waals surface area contributed by atoms with Crippen molar-refractivity contribution in [3.05, 3.63) is 35.1 Å². The molecule has 0 aliphatic carbocycles. The maximum atomic E-state index is 13.4. The number of benzene rings is 1. The topological polar surface area (TPSA) is 37.4 Å². The van der Waals surface area contributed by atoms with E-state index in [0.29, 0.717) is 12.1 Å². The van der Waals surface area contributed by atoms with Crippen molar-refractivity contribution in [3.63, 3.8) is 0 Å². The molecule has 0 N–H and O–H groups in total. The van der Waals surface area contributed by atoms with Gasteiger partial charge in [-0.1, -0.05) is 12.1 Å². The summed E-state index contributed by atoms with van der Waals surface area (Å²) in [6.07, 6.45) is 0.261. The summed E-state index contributed by atoms with van der Waals surface area (Å²) in [4.78, 5) is 24.2. The van der Waals surface area contributed by atoms with Gasteiger partial charge in [-0.2, -0.15) is 0 Å². The molecule has 0 aromatic heterocycles. The number of Topliss-reactive ketones (excluding diaryl/α,β-unsaturated/α-hetero) is 1. The van der Waals surface area contributed by atoms with Gasteiger partial charge in [0.1, 0.15) is 5.82 Å². The highest BCUT2D eigenvalue weighted by Crippen LogP contribution is 2.25. The van der Waals surface area contributed by atoms with Gasteiger partial charge in [-0.15, -0.1) is 0 Å². The first-order chi connectivity index (χ1) is 8.00. The second kappa shape index (κ2) is 4.28. The second-order valence-electron chi connectivity index (χ2n) is 4.36. The van der Waals surface area contributed by atoms with Crippen molar-refractivity contribution in [2.24, 2.45) is 0 Å². The quantitative estimate of drug-likeness (QED) is 0.735. The van der Waals surface area contributed by atoms with E-state index in [0.717, 1.165) is 5.56 Å². The molecule has 1 fully saturated rings. The van der Waals surface area contributed by atoms with E-state index in [9.17, 15) is 14.0 Å². The lowest BCUT2D eigenvalue weighted by Gasteiger charge is -2.23. The molecule has 1 heterocycles. The lowest BCUT2D eigenvalue weighted by Crippen LogP contribution is -2.30. The lowest BCUT2D eigenvalue weighted by molar-refractivity contribution is -0.141. The van der Waals surface area contributed by atoms with E-state index >= 15 is 0 Å². The molecule has 3 nitrogen and oxygen atoms in total. The van der Waals surface area contributed by atoms with E-state index in [2.05, 4.69) is 0 Å². The maximum Gasteiger partial charge on any atom is 0.290 e. The molecule has 1 aromatic carbocycles. The van der Waals surface area contributed by atoms with Crippen LogP contribution in [0.2, 0.25) is 0 Å². The van der Waals surface area contributed by atoms with Gasteiger partial charge in [-0.3, -0.25) is 9.59 Å². The molecule has 2 rings (SSSR count). The zero-order valence-corrected chi connectivity index (χ0v) is 9.87. The fourth-order valence-corrected chi connectivity index (χ4v) is 2.01. The minimum atomic E-state index is -0.460. The molecule has 1 aliphatic heterocycles. The first-order valence-electron chi connectivity index (χ1n) is 5.60. The van der Waals surface area contributed by atoms with Crippen molar-refractivity contribution in [2.45, 2.75) is 26.3 Å². The number of likely N-dealkylation sites (tertiary alicyclic amines) is 1. The van der Waals surface area contributed by atoms with E-state index in [1.807, 2.05) is 0 Å². The zero-order valence-electron chi connectivity index (χ0n) is 9.87. The zero-order chi connectivity index (χ0) is 12.6. The number of rotatable bonds is 2. The predicted molar refractivity (Wildman–Crippen MR) is 60.9 cm³/mol. The number of carbonyl (C=O) groups excluding carboxylic acids is 2. The summed E-state index contributed by atoms with van der Waals surface area (Å²) in [7, 11) is 0. The van der Waals surface area contributed by atoms with Crippen molar-refractivity contribution >= 4 is 11.7 Å². The molecule has 1 unspecified atom stereocenters. The highest BCUT2D eigenvalue weighted by Gasteiger charge is 2.33. The number of amides is 1. The van der Waals surface area contributed by atoms with Crippen LogP contribution in [0.4, 0.5) is 4.39 Å². The summed E-state index contributed by atoms with van der Waals surface area (Å²) in [5.41, 5.74) is 1.29. The fourth-order valence-electron chi connectivity index (χ4n) is 2.01. The number of aryl methyl sites for hydroxylation is 1. The first kappa shape index (κ1) is 11.8. The average Bonchev–Trinajstić information content (AvgIpc) is 2.63. The summed E-state index contributed by atoms with van der Waals surface area (Å²) in [6, 6.07) is 4.64. The van der Waals surface area contributed by atoms with Crippen LogP contribution in [0.25, 0.3) is 0 Å². The van der Waals surface area contributed by atoms with Crippen LogP contribution in [0.5, 0.6) is 0 Å². The van der Waals surface area contributed by atoms with Crippen LogP contribution in [0.15, 0.2) is 18.2 Å². The number of hydrogen-bond donors (Lipinski definition) is 0. The van der Waals surface area contributed by atoms with Gasteiger partial charge in [-0.05, 0) is 31.0 Å². The molecular weight excluding hydrogens is 221 g/mol. The van der Waals surface area contributed by atoms with E-state index in [-0.39, 0.29) is 24.1 Å². The third kappa shape index (κ3) is 2.07. The minimum absolute atomic E-state index is 0.260. The summed E-state index contributed by atoms with van der Waals surface area (Å²) >= 11 is 0. The smallest absolute Gasteiger partial charge is 0.290 e. The third-order valence-electron chi connectivity index (χ3n) is 3.22. The van der Waals surface area contributed by atoms with Crippen molar-refractivity contribution in [3.8, 4) is 0 Å². The Labute approximate surface area is 99.2 Å². The van der Waals surface area contributed by atoms with E-state index in [1.54, 1.807) is 26.0 Å². The Morgan fingerprint density at radius 3 is 2.59 bits per heavy atom. The van der Waals surface area contributed by atoms with Gasteiger partial charge >= 0.3 is 0 Å². The van der Waals surface area contributed by atoms with E-state index in [4.69, 9.17) is 0 Å². The van der Waals surface area contributed by atoms with Gasteiger partial charge in [0, 0.05) is 13.0 Å². The standard InChI is InChI=1S/C13H14FNO2/c1-8-3-4-10(7-11(8)14)9(2)15-6-5-12(16)13(15)17/h3-4,7,9H,5-6H2,1-2H3. The third-order valence-corrected chi connectivity index (χ3v) is 3.22. The Morgan fingerprint density at radius 1 is 1.35 bits per heavy atom. The lowest BCUT2D eigenvalue weighted by atomic mass is 10.1. The Morgan fingerprint density at radius 2 is 2.06 bits per heavy atom. The van der Waals surface area contributed by atoms with Crippen LogP contribution in [0.1, 0.15) is 30.5 Å². The van der Waals surface area contributed by atoms with Crippen LogP contribution >= 0.6 is 0 Å². The fraction of sp³-hybridized carbons (Fsp3) is 0.385. The Kier molecular flexibility index (Phi) is 2.96. The molecule has 0 saturated carbocycles. The highest BCUT2D eigenvalue weighted by atomic mass is 19.1.